The molecule has 0 aromatic heterocycles. The fraction of sp³-hybridized carbons (Fsp3) is 1.00. The van der Waals surface area contributed by atoms with Gasteiger partial charge in [-0.15, -0.1) is 0 Å². The van der Waals surface area contributed by atoms with E-state index in [0.29, 0.717) is 11.5 Å². The minimum absolute atomic E-state index is 0.655. The van der Waals surface area contributed by atoms with Crippen LogP contribution in [0.1, 0.15) is 59.8 Å². The molecule has 2 nitrogen and oxygen atoms in total. The van der Waals surface area contributed by atoms with Crippen molar-refractivity contribution in [1.82, 2.24) is 10.2 Å². The summed E-state index contributed by atoms with van der Waals surface area (Å²) in [4.78, 5) is 2.68. The summed E-state index contributed by atoms with van der Waals surface area (Å²) in [5, 5.41) is 3.51. The average Bonchev–Trinajstić information content (AvgIpc) is 2.44. The molecule has 1 fully saturated rings. The number of likely N-dealkylation sites (N-methyl/N-ethyl adjacent to an activating group) is 1. The van der Waals surface area contributed by atoms with E-state index >= 15 is 0 Å². The molecule has 0 aromatic rings. The largest absolute Gasteiger partial charge is 0.315 e. The van der Waals surface area contributed by atoms with Crippen molar-refractivity contribution in [2.24, 2.45) is 11.3 Å². The Balaban J connectivity index is 2.43. The molecule has 2 atom stereocenters. The molecule has 0 bridgehead atoms. The SMILES string of the molecule is CCC(C)C(CN1CCC(CC)(CC)CC1)NC. The Morgan fingerprint density at radius 1 is 1.11 bits per heavy atom. The summed E-state index contributed by atoms with van der Waals surface area (Å²) in [6.45, 7) is 13.2. The van der Waals surface area contributed by atoms with Gasteiger partial charge in [-0.05, 0) is 44.3 Å². The van der Waals surface area contributed by atoms with Crippen molar-refractivity contribution in [3.63, 3.8) is 0 Å². The van der Waals surface area contributed by atoms with E-state index < -0.39 is 0 Å². The Bertz CT molecular complexity index is 213. The highest BCUT2D eigenvalue weighted by atomic mass is 15.2. The van der Waals surface area contributed by atoms with E-state index in [-0.39, 0.29) is 0 Å². The van der Waals surface area contributed by atoms with Crippen LogP contribution in [0.4, 0.5) is 0 Å². The number of nitrogens with zero attached hydrogens (tertiary/aromatic N) is 1. The second-order valence-electron chi connectivity index (χ2n) is 6.29. The normalized spacial score (nSPS) is 23.8. The molecule has 1 N–H and O–H groups in total. The van der Waals surface area contributed by atoms with Gasteiger partial charge in [0.25, 0.3) is 0 Å². The Kier molecular flexibility index (Phi) is 6.65. The maximum Gasteiger partial charge on any atom is 0.0217 e. The lowest BCUT2D eigenvalue weighted by Crippen LogP contribution is -2.47. The van der Waals surface area contributed by atoms with Gasteiger partial charge in [0.2, 0.25) is 0 Å². The van der Waals surface area contributed by atoms with Crippen molar-refractivity contribution in [3.05, 3.63) is 0 Å². The predicted molar refractivity (Wildman–Crippen MR) is 81.0 cm³/mol. The minimum atomic E-state index is 0.655. The van der Waals surface area contributed by atoms with Crippen LogP contribution in [0.25, 0.3) is 0 Å². The lowest BCUT2D eigenvalue weighted by Gasteiger charge is -2.42. The van der Waals surface area contributed by atoms with Gasteiger partial charge >= 0.3 is 0 Å². The molecule has 0 saturated carbocycles. The van der Waals surface area contributed by atoms with Crippen molar-refractivity contribution < 1.29 is 0 Å². The Labute approximate surface area is 115 Å². The van der Waals surface area contributed by atoms with Crippen LogP contribution in [0.2, 0.25) is 0 Å². The summed E-state index contributed by atoms with van der Waals surface area (Å²) >= 11 is 0. The number of hydrogen-bond acceptors (Lipinski definition) is 2. The van der Waals surface area contributed by atoms with E-state index in [1.54, 1.807) is 0 Å². The molecular weight excluding hydrogens is 220 g/mol. The molecular formula is C16H34N2. The summed E-state index contributed by atoms with van der Waals surface area (Å²) in [5.74, 6) is 0.777. The Hall–Kier alpha value is -0.0800. The maximum absolute atomic E-state index is 3.51. The van der Waals surface area contributed by atoms with E-state index in [2.05, 4.69) is 45.0 Å². The van der Waals surface area contributed by atoms with Crippen LogP contribution in [0.5, 0.6) is 0 Å². The van der Waals surface area contributed by atoms with Crippen LogP contribution in [-0.2, 0) is 0 Å². The Morgan fingerprint density at radius 2 is 1.67 bits per heavy atom. The number of likely N-dealkylation sites (tertiary alicyclic amines) is 1. The maximum atomic E-state index is 3.51. The van der Waals surface area contributed by atoms with Crippen LogP contribution < -0.4 is 5.32 Å². The fourth-order valence-electron chi connectivity index (χ4n) is 3.29. The second-order valence-corrected chi connectivity index (χ2v) is 6.29. The highest BCUT2D eigenvalue weighted by Crippen LogP contribution is 2.37. The molecule has 0 aliphatic carbocycles. The fourth-order valence-corrected chi connectivity index (χ4v) is 3.29. The van der Waals surface area contributed by atoms with Crippen molar-refractivity contribution in [1.29, 1.82) is 0 Å². The molecule has 0 aromatic carbocycles. The molecule has 1 saturated heterocycles. The third-order valence-electron chi connectivity index (χ3n) is 5.57. The van der Waals surface area contributed by atoms with Gasteiger partial charge in [0.15, 0.2) is 0 Å². The third kappa shape index (κ3) is 3.96. The molecule has 18 heavy (non-hydrogen) atoms. The number of piperidine rings is 1. The highest BCUT2D eigenvalue weighted by molar-refractivity contribution is 4.86. The second kappa shape index (κ2) is 7.49. The molecule has 1 rings (SSSR count). The van der Waals surface area contributed by atoms with Gasteiger partial charge in [0, 0.05) is 12.6 Å². The lowest BCUT2D eigenvalue weighted by molar-refractivity contribution is 0.0838. The first-order valence-electron chi connectivity index (χ1n) is 8.00. The van der Waals surface area contributed by atoms with E-state index in [9.17, 15) is 0 Å². The summed E-state index contributed by atoms with van der Waals surface area (Å²) in [6, 6.07) is 0.658. The van der Waals surface area contributed by atoms with Crippen molar-refractivity contribution in [2.75, 3.05) is 26.7 Å². The van der Waals surface area contributed by atoms with Crippen LogP contribution in [0.3, 0.4) is 0 Å². The average molecular weight is 254 g/mol. The summed E-state index contributed by atoms with van der Waals surface area (Å²) < 4.78 is 0. The van der Waals surface area contributed by atoms with Crippen molar-refractivity contribution in [3.8, 4) is 0 Å². The van der Waals surface area contributed by atoms with E-state index in [4.69, 9.17) is 0 Å². The topological polar surface area (TPSA) is 15.3 Å². The smallest absolute Gasteiger partial charge is 0.0217 e. The highest BCUT2D eigenvalue weighted by Gasteiger charge is 2.32. The number of nitrogens with one attached hydrogen (secondary N) is 1. The summed E-state index contributed by atoms with van der Waals surface area (Å²) in [6.07, 6.45) is 6.79. The van der Waals surface area contributed by atoms with Crippen LogP contribution in [0, 0.1) is 11.3 Å². The van der Waals surface area contributed by atoms with Gasteiger partial charge in [-0.2, -0.15) is 0 Å². The molecule has 1 aliphatic heterocycles. The number of rotatable bonds is 7. The van der Waals surface area contributed by atoms with Crippen LogP contribution in [0.15, 0.2) is 0 Å². The third-order valence-corrected chi connectivity index (χ3v) is 5.57. The molecule has 2 unspecified atom stereocenters. The minimum Gasteiger partial charge on any atom is -0.315 e. The molecule has 0 spiro atoms. The lowest BCUT2D eigenvalue weighted by atomic mass is 9.74. The molecule has 0 amide bonds. The molecule has 108 valence electrons. The van der Waals surface area contributed by atoms with Crippen LogP contribution in [-0.4, -0.2) is 37.6 Å². The zero-order chi connectivity index (χ0) is 13.6. The van der Waals surface area contributed by atoms with E-state index in [1.807, 2.05) is 0 Å². The molecule has 0 radical (unpaired) electrons. The van der Waals surface area contributed by atoms with Crippen LogP contribution >= 0.6 is 0 Å². The van der Waals surface area contributed by atoms with Crippen molar-refractivity contribution >= 4 is 0 Å². The first-order chi connectivity index (χ1) is 8.60. The monoisotopic (exact) mass is 254 g/mol. The molecule has 2 heteroatoms. The van der Waals surface area contributed by atoms with Gasteiger partial charge < -0.3 is 10.2 Å². The summed E-state index contributed by atoms with van der Waals surface area (Å²) in [7, 11) is 2.11. The van der Waals surface area contributed by atoms with Gasteiger partial charge in [-0.3, -0.25) is 0 Å². The van der Waals surface area contributed by atoms with Gasteiger partial charge in [-0.25, -0.2) is 0 Å². The predicted octanol–water partition coefficient (Wildman–Crippen LogP) is 3.52. The number of hydrogen-bond donors (Lipinski definition) is 1. The quantitative estimate of drug-likeness (QED) is 0.748. The van der Waals surface area contributed by atoms with Gasteiger partial charge in [0.1, 0.15) is 0 Å². The summed E-state index contributed by atoms with van der Waals surface area (Å²) in [5.41, 5.74) is 0.655. The van der Waals surface area contributed by atoms with Gasteiger partial charge in [0.05, 0.1) is 0 Å². The Morgan fingerprint density at radius 3 is 2.06 bits per heavy atom. The molecule has 1 heterocycles. The zero-order valence-electron chi connectivity index (χ0n) is 13.3. The van der Waals surface area contributed by atoms with Gasteiger partial charge in [-0.1, -0.05) is 47.0 Å². The first-order valence-corrected chi connectivity index (χ1v) is 8.00. The van der Waals surface area contributed by atoms with E-state index in [1.165, 1.54) is 51.7 Å². The standard InChI is InChI=1S/C16H34N2/c1-6-14(4)15(17-5)13-18-11-9-16(7-2,8-3)10-12-18/h14-15,17H,6-13H2,1-5H3. The zero-order valence-corrected chi connectivity index (χ0v) is 13.3. The molecule has 1 aliphatic rings. The van der Waals surface area contributed by atoms with E-state index in [0.717, 1.165) is 5.92 Å². The van der Waals surface area contributed by atoms with Crippen molar-refractivity contribution in [2.45, 2.75) is 65.8 Å². The first kappa shape index (κ1) is 16.0.